The lowest BCUT2D eigenvalue weighted by atomic mass is 9.89. The summed E-state index contributed by atoms with van der Waals surface area (Å²) in [5, 5.41) is 1.36. The number of aromatic nitrogens is 1. The summed E-state index contributed by atoms with van der Waals surface area (Å²) in [6.07, 6.45) is 9.39. The molecule has 0 aliphatic carbocycles. The van der Waals surface area contributed by atoms with E-state index in [0.717, 1.165) is 39.0 Å². The zero-order valence-electron chi connectivity index (χ0n) is 15.0. The maximum absolute atomic E-state index is 12.6. The molecule has 25 heavy (non-hydrogen) atoms. The van der Waals surface area contributed by atoms with E-state index in [2.05, 4.69) is 45.2 Å². The van der Waals surface area contributed by atoms with Crippen LogP contribution in [0.2, 0.25) is 0 Å². The number of amides is 1. The third-order valence-corrected chi connectivity index (χ3v) is 5.97. The molecule has 0 spiro atoms. The van der Waals surface area contributed by atoms with Crippen molar-refractivity contribution in [3.8, 4) is 0 Å². The second-order valence-corrected chi connectivity index (χ2v) is 7.64. The molecule has 1 aromatic carbocycles. The SMILES string of the molecule is O=C(CN1CCC(c2c[nH]c3ccccc23)CC1)N1CCCCCC1. The number of benzene rings is 1. The van der Waals surface area contributed by atoms with Gasteiger partial charge in [0.15, 0.2) is 0 Å². The monoisotopic (exact) mass is 339 g/mol. The molecule has 0 bridgehead atoms. The predicted molar refractivity (Wildman–Crippen MR) is 102 cm³/mol. The van der Waals surface area contributed by atoms with E-state index in [4.69, 9.17) is 0 Å². The Labute approximate surface area is 150 Å². The molecule has 0 saturated carbocycles. The van der Waals surface area contributed by atoms with Gasteiger partial charge in [0.25, 0.3) is 0 Å². The molecule has 2 aliphatic heterocycles. The van der Waals surface area contributed by atoms with Crippen LogP contribution >= 0.6 is 0 Å². The van der Waals surface area contributed by atoms with E-state index in [1.54, 1.807) is 0 Å². The molecule has 2 aromatic rings. The zero-order valence-corrected chi connectivity index (χ0v) is 15.0. The Morgan fingerprint density at radius 2 is 1.72 bits per heavy atom. The van der Waals surface area contributed by atoms with Crippen LogP contribution in [0.4, 0.5) is 0 Å². The number of carbonyl (C=O) groups excluding carboxylic acids is 1. The van der Waals surface area contributed by atoms with Gasteiger partial charge in [-0.1, -0.05) is 31.0 Å². The number of likely N-dealkylation sites (tertiary alicyclic amines) is 2. The van der Waals surface area contributed by atoms with Crippen molar-refractivity contribution in [3.63, 3.8) is 0 Å². The zero-order chi connectivity index (χ0) is 17.1. The second-order valence-electron chi connectivity index (χ2n) is 7.64. The van der Waals surface area contributed by atoms with E-state index in [1.807, 2.05) is 0 Å². The van der Waals surface area contributed by atoms with E-state index in [-0.39, 0.29) is 0 Å². The summed E-state index contributed by atoms with van der Waals surface area (Å²) >= 11 is 0. The predicted octanol–water partition coefficient (Wildman–Crippen LogP) is 3.75. The third kappa shape index (κ3) is 3.74. The molecule has 2 fully saturated rings. The van der Waals surface area contributed by atoms with Gasteiger partial charge in [0, 0.05) is 30.2 Å². The van der Waals surface area contributed by atoms with Gasteiger partial charge in [-0.05, 0) is 56.3 Å². The summed E-state index contributed by atoms with van der Waals surface area (Å²) in [6, 6.07) is 8.57. The van der Waals surface area contributed by atoms with Crippen molar-refractivity contribution >= 4 is 16.8 Å². The first-order valence-corrected chi connectivity index (χ1v) is 9.87. The van der Waals surface area contributed by atoms with E-state index in [0.29, 0.717) is 18.4 Å². The average Bonchev–Trinajstić information content (AvgIpc) is 2.88. The van der Waals surface area contributed by atoms with Crippen molar-refractivity contribution in [2.75, 3.05) is 32.7 Å². The molecule has 0 radical (unpaired) electrons. The van der Waals surface area contributed by atoms with Gasteiger partial charge in [0.1, 0.15) is 0 Å². The van der Waals surface area contributed by atoms with Crippen molar-refractivity contribution in [2.45, 2.75) is 44.4 Å². The highest BCUT2D eigenvalue weighted by Gasteiger charge is 2.25. The van der Waals surface area contributed by atoms with E-state index < -0.39 is 0 Å². The van der Waals surface area contributed by atoms with E-state index in [1.165, 1.54) is 42.1 Å². The first kappa shape index (κ1) is 16.6. The highest BCUT2D eigenvalue weighted by atomic mass is 16.2. The molecule has 1 aromatic heterocycles. The second kappa shape index (κ2) is 7.61. The standard InChI is InChI=1S/C21H29N3O/c25-21(24-11-5-1-2-6-12-24)16-23-13-9-17(10-14-23)19-15-22-20-8-4-3-7-18(19)20/h3-4,7-8,15,17,22H,1-2,5-6,9-14,16H2. The van der Waals surface area contributed by atoms with Crippen LogP contribution in [0.1, 0.15) is 50.0 Å². The number of nitrogens with zero attached hydrogens (tertiary/aromatic N) is 2. The molecular weight excluding hydrogens is 310 g/mol. The van der Waals surface area contributed by atoms with E-state index >= 15 is 0 Å². The van der Waals surface area contributed by atoms with Gasteiger partial charge in [-0.3, -0.25) is 9.69 Å². The maximum Gasteiger partial charge on any atom is 0.236 e. The third-order valence-electron chi connectivity index (χ3n) is 5.97. The number of carbonyl (C=O) groups is 1. The number of rotatable bonds is 3. The van der Waals surface area contributed by atoms with Gasteiger partial charge in [-0.2, -0.15) is 0 Å². The molecular formula is C21H29N3O. The minimum absolute atomic E-state index is 0.340. The van der Waals surface area contributed by atoms with Crippen LogP contribution in [-0.4, -0.2) is 53.4 Å². The molecule has 2 aliphatic rings. The molecule has 1 amide bonds. The Bertz CT molecular complexity index is 707. The molecule has 2 saturated heterocycles. The minimum Gasteiger partial charge on any atom is -0.361 e. The van der Waals surface area contributed by atoms with Gasteiger partial charge in [-0.25, -0.2) is 0 Å². The Balaban J connectivity index is 1.33. The fourth-order valence-corrected chi connectivity index (χ4v) is 4.45. The lowest BCUT2D eigenvalue weighted by molar-refractivity contribution is -0.132. The molecule has 0 atom stereocenters. The molecule has 3 heterocycles. The van der Waals surface area contributed by atoms with Crippen molar-refractivity contribution in [3.05, 3.63) is 36.0 Å². The summed E-state index contributed by atoms with van der Waals surface area (Å²) in [7, 11) is 0. The van der Waals surface area contributed by atoms with Gasteiger partial charge < -0.3 is 9.88 Å². The van der Waals surface area contributed by atoms with Crippen molar-refractivity contribution in [2.24, 2.45) is 0 Å². The highest BCUT2D eigenvalue weighted by Crippen LogP contribution is 2.33. The quantitative estimate of drug-likeness (QED) is 0.925. The largest absolute Gasteiger partial charge is 0.361 e. The van der Waals surface area contributed by atoms with Gasteiger partial charge in [-0.15, -0.1) is 0 Å². The number of piperidine rings is 1. The van der Waals surface area contributed by atoms with Crippen LogP contribution in [0.3, 0.4) is 0 Å². The number of nitrogens with one attached hydrogen (secondary N) is 1. The first-order chi connectivity index (χ1) is 12.3. The number of hydrogen-bond acceptors (Lipinski definition) is 2. The smallest absolute Gasteiger partial charge is 0.236 e. The molecule has 4 rings (SSSR count). The van der Waals surface area contributed by atoms with Crippen LogP contribution in [0, 0.1) is 0 Å². The topological polar surface area (TPSA) is 39.3 Å². The molecule has 4 heteroatoms. The first-order valence-electron chi connectivity index (χ1n) is 9.87. The van der Waals surface area contributed by atoms with Crippen LogP contribution < -0.4 is 0 Å². The van der Waals surface area contributed by atoms with Crippen LogP contribution in [-0.2, 0) is 4.79 Å². The number of para-hydroxylation sites is 1. The molecule has 0 unspecified atom stereocenters. The Hall–Kier alpha value is -1.81. The fraction of sp³-hybridized carbons (Fsp3) is 0.571. The van der Waals surface area contributed by atoms with Crippen molar-refractivity contribution in [1.82, 2.24) is 14.8 Å². The minimum atomic E-state index is 0.340. The molecule has 4 nitrogen and oxygen atoms in total. The number of hydrogen-bond donors (Lipinski definition) is 1. The summed E-state index contributed by atoms with van der Waals surface area (Å²) in [6.45, 7) is 4.60. The van der Waals surface area contributed by atoms with Crippen LogP contribution in [0.5, 0.6) is 0 Å². The van der Waals surface area contributed by atoms with Gasteiger partial charge >= 0.3 is 0 Å². The number of H-pyrrole nitrogens is 1. The number of aromatic amines is 1. The van der Waals surface area contributed by atoms with Crippen LogP contribution in [0.15, 0.2) is 30.5 Å². The van der Waals surface area contributed by atoms with Gasteiger partial charge in [0.2, 0.25) is 5.91 Å². The average molecular weight is 339 g/mol. The molecule has 1 N–H and O–H groups in total. The summed E-state index contributed by atoms with van der Waals surface area (Å²) in [5.74, 6) is 0.952. The van der Waals surface area contributed by atoms with Gasteiger partial charge in [0.05, 0.1) is 6.54 Å². The Kier molecular flexibility index (Phi) is 5.07. The lowest BCUT2D eigenvalue weighted by Crippen LogP contribution is -2.43. The van der Waals surface area contributed by atoms with E-state index in [9.17, 15) is 4.79 Å². The van der Waals surface area contributed by atoms with Crippen molar-refractivity contribution < 1.29 is 4.79 Å². The summed E-state index contributed by atoms with van der Waals surface area (Å²) in [4.78, 5) is 20.4. The van der Waals surface area contributed by atoms with Crippen molar-refractivity contribution in [1.29, 1.82) is 0 Å². The lowest BCUT2D eigenvalue weighted by Gasteiger charge is -2.33. The fourth-order valence-electron chi connectivity index (χ4n) is 4.45. The highest BCUT2D eigenvalue weighted by molar-refractivity contribution is 5.83. The Morgan fingerprint density at radius 1 is 1.00 bits per heavy atom. The summed E-state index contributed by atoms with van der Waals surface area (Å²) < 4.78 is 0. The number of fused-ring (bicyclic) bond motifs is 1. The van der Waals surface area contributed by atoms with Crippen LogP contribution in [0.25, 0.3) is 10.9 Å². The normalized spacial score (nSPS) is 20.7. The maximum atomic E-state index is 12.6. The Morgan fingerprint density at radius 3 is 2.48 bits per heavy atom. The molecule has 134 valence electrons. The summed E-state index contributed by atoms with van der Waals surface area (Å²) in [5.41, 5.74) is 2.69.